The number of carboxylic acids is 1. The van der Waals surface area contributed by atoms with E-state index in [9.17, 15) is 13.2 Å². The topological polar surface area (TPSA) is 96.4 Å². The van der Waals surface area contributed by atoms with Crippen molar-refractivity contribution in [1.29, 1.82) is 0 Å². The lowest BCUT2D eigenvalue weighted by atomic mass is 10.3. The second-order valence-electron chi connectivity index (χ2n) is 4.53. The van der Waals surface area contributed by atoms with Crippen LogP contribution in [0, 0.1) is 13.8 Å². The van der Waals surface area contributed by atoms with Crippen molar-refractivity contribution in [2.75, 3.05) is 0 Å². The quantitative estimate of drug-likeness (QED) is 0.867. The summed E-state index contributed by atoms with van der Waals surface area (Å²) in [7, 11) is -3.76. The summed E-state index contributed by atoms with van der Waals surface area (Å²) in [5.74, 6) is -1.12. The molecule has 2 N–H and O–H groups in total. The number of thiazole rings is 1. The second kappa shape index (κ2) is 5.84. The number of aryl methyl sites for hydroxylation is 2. The molecular formula is C12H14N2O4S3. The maximum absolute atomic E-state index is 12.3. The molecule has 2 aromatic rings. The first-order valence-electron chi connectivity index (χ1n) is 5.99. The fraction of sp³-hybridized carbons (Fsp3) is 0.333. The highest BCUT2D eigenvalue weighted by atomic mass is 32.2. The van der Waals surface area contributed by atoms with Gasteiger partial charge in [-0.3, -0.25) is 0 Å². The van der Waals surface area contributed by atoms with Gasteiger partial charge in [-0.2, -0.15) is 0 Å². The van der Waals surface area contributed by atoms with Crippen LogP contribution >= 0.6 is 22.7 Å². The highest BCUT2D eigenvalue weighted by Gasteiger charge is 2.24. The summed E-state index contributed by atoms with van der Waals surface area (Å²) >= 11 is 2.17. The minimum absolute atomic E-state index is 0.00229. The Balaban J connectivity index is 2.26. The van der Waals surface area contributed by atoms with E-state index in [1.807, 2.05) is 6.92 Å². The fourth-order valence-electron chi connectivity index (χ4n) is 1.71. The molecule has 2 heterocycles. The van der Waals surface area contributed by atoms with E-state index in [4.69, 9.17) is 5.11 Å². The van der Waals surface area contributed by atoms with E-state index < -0.39 is 22.0 Å². The van der Waals surface area contributed by atoms with Crippen LogP contribution in [-0.2, 0) is 10.0 Å². The second-order valence-corrected chi connectivity index (χ2v) is 8.79. The molecule has 0 fully saturated rings. The number of rotatable bonds is 5. The first-order chi connectivity index (χ1) is 9.70. The fourth-order valence-corrected chi connectivity index (χ4v) is 5.16. The van der Waals surface area contributed by atoms with Gasteiger partial charge < -0.3 is 5.11 Å². The molecule has 2 aromatic heterocycles. The van der Waals surface area contributed by atoms with Gasteiger partial charge in [0.1, 0.15) is 14.1 Å². The number of aromatic nitrogens is 1. The lowest BCUT2D eigenvalue weighted by Crippen LogP contribution is -2.26. The smallest absolute Gasteiger partial charge is 0.346 e. The highest BCUT2D eigenvalue weighted by Crippen LogP contribution is 2.28. The Kier molecular flexibility index (Phi) is 4.47. The number of nitrogens with zero attached hydrogens (tertiary/aromatic N) is 1. The molecular weight excluding hydrogens is 332 g/mol. The summed E-state index contributed by atoms with van der Waals surface area (Å²) in [5.41, 5.74) is 0.436. The van der Waals surface area contributed by atoms with Gasteiger partial charge in [0.2, 0.25) is 0 Å². The normalized spacial score (nSPS) is 13.3. The van der Waals surface area contributed by atoms with Crippen LogP contribution in [0.15, 0.2) is 16.5 Å². The zero-order valence-corrected chi connectivity index (χ0v) is 14.0. The van der Waals surface area contributed by atoms with Gasteiger partial charge in [0.15, 0.2) is 0 Å². The Morgan fingerprint density at radius 2 is 2.05 bits per heavy atom. The number of hydrogen-bond donors (Lipinski definition) is 2. The Bertz CT molecular complexity index is 776. The minimum Gasteiger partial charge on any atom is -0.477 e. The van der Waals surface area contributed by atoms with E-state index in [2.05, 4.69) is 9.71 Å². The number of carboxylic acid groups (broad SMARTS) is 1. The highest BCUT2D eigenvalue weighted by molar-refractivity contribution is 7.91. The first-order valence-corrected chi connectivity index (χ1v) is 9.10. The standard InChI is InChI=1S/C12H14N2O4S3/c1-6-4-9(20-10(6)12(15)16)21(17,18)14-8(3)11-13-5-7(2)19-11/h4-5,8,14H,1-3H3,(H,15,16). The van der Waals surface area contributed by atoms with Crippen molar-refractivity contribution in [2.45, 2.75) is 31.0 Å². The maximum Gasteiger partial charge on any atom is 0.346 e. The monoisotopic (exact) mass is 346 g/mol. The number of aromatic carboxylic acids is 1. The molecule has 0 saturated carbocycles. The molecule has 1 atom stereocenters. The van der Waals surface area contributed by atoms with Crippen LogP contribution in [0.2, 0.25) is 0 Å². The lowest BCUT2D eigenvalue weighted by molar-refractivity contribution is 0.0701. The van der Waals surface area contributed by atoms with Crippen LogP contribution in [0.25, 0.3) is 0 Å². The third-order valence-electron chi connectivity index (χ3n) is 2.70. The van der Waals surface area contributed by atoms with Crippen LogP contribution in [0.4, 0.5) is 0 Å². The van der Waals surface area contributed by atoms with Crippen LogP contribution in [0.1, 0.15) is 38.1 Å². The van der Waals surface area contributed by atoms with E-state index in [-0.39, 0.29) is 9.09 Å². The number of thiophene rings is 1. The van der Waals surface area contributed by atoms with Crippen molar-refractivity contribution >= 4 is 38.7 Å². The predicted molar refractivity (Wildman–Crippen MR) is 81.6 cm³/mol. The third-order valence-corrected chi connectivity index (χ3v) is 7.03. The molecule has 2 rings (SSSR count). The summed E-state index contributed by atoms with van der Waals surface area (Å²) in [6, 6.07) is 0.903. The van der Waals surface area contributed by atoms with Gasteiger partial charge in [-0.25, -0.2) is 22.9 Å². The van der Waals surface area contributed by atoms with Crippen molar-refractivity contribution in [2.24, 2.45) is 0 Å². The number of hydrogen-bond acceptors (Lipinski definition) is 6. The Morgan fingerprint density at radius 1 is 1.38 bits per heavy atom. The third kappa shape index (κ3) is 3.49. The van der Waals surface area contributed by atoms with Gasteiger partial charge in [0.05, 0.1) is 6.04 Å². The summed E-state index contributed by atoms with van der Waals surface area (Å²) in [6.07, 6.45) is 1.68. The Morgan fingerprint density at radius 3 is 2.52 bits per heavy atom. The van der Waals surface area contributed by atoms with E-state index in [0.29, 0.717) is 10.6 Å². The van der Waals surface area contributed by atoms with Crippen molar-refractivity contribution in [3.63, 3.8) is 0 Å². The molecule has 1 unspecified atom stereocenters. The number of sulfonamides is 1. The van der Waals surface area contributed by atoms with Crippen LogP contribution in [0.5, 0.6) is 0 Å². The van der Waals surface area contributed by atoms with Crippen molar-refractivity contribution in [3.8, 4) is 0 Å². The number of carbonyl (C=O) groups is 1. The van der Waals surface area contributed by atoms with Crippen LogP contribution in [0.3, 0.4) is 0 Å². The molecule has 0 amide bonds. The predicted octanol–water partition coefficient (Wildman–Crippen LogP) is 2.56. The molecule has 0 aromatic carbocycles. The van der Waals surface area contributed by atoms with Crippen LogP contribution < -0.4 is 4.72 Å². The van der Waals surface area contributed by atoms with Crippen molar-refractivity contribution in [3.05, 3.63) is 32.6 Å². The molecule has 21 heavy (non-hydrogen) atoms. The van der Waals surface area contributed by atoms with E-state index in [1.165, 1.54) is 17.4 Å². The van der Waals surface area contributed by atoms with Gasteiger partial charge >= 0.3 is 5.97 Å². The van der Waals surface area contributed by atoms with E-state index >= 15 is 0 Å². The molecule has 0 spiro atoms. The molecule has 6 nitrogen and oxygen atoms in total. The van der Waals surface area contributed by atoms with E-state index in [0.717, 1.165) is 16.2 Å². The molecule has 0 radical (unpaired) electrons. The molecule has 0 saturated heterocycles. The zero-order chi connectivity index (χ0) is 15.8. The minimum atomic E-state index is -3.76. The molecule has 0 aliphatic heterocycles. The molecule has 0 aliphatic rings. The van der Waals surface area contributed by atoms with Gasteiger partial charge in [0.25, 0.3) is 10.0 Å². The molecule has 9 heteroatoms. The molecule has 0 bridgehead atoms. The largest absolute Gasteiger partial charge is 0.477 e. The van der Waals surface area contributed by atoms with Gasteiger partial charge in [0, 0.05) is 11.1 Å². The van der Waals surface area contributed by atoms with Gasteiger partial charge in [-0.1, -0.05) is 0 Å². The summed E-state index contributed by atoms with van der Waals surface area (Å²) in [4.78, 5) is 16.2. The van der Waals surface area contributed by atoms with E-state index in [1.54, 1.807) is 20.0 Å². The first kappa shape index (κ1) is 16.1. The van der Waals surface area contributed by atoms with Crippen molar-refractivity contribution in [1.82, 2.24) is 9.71 Å². The molecule has 114 valence electrons. The molecule has 0 aliphatic carbocycles. The average molecular weight is 346 g/mol. The Hall–Kier alpha value is -1.29. The Labute approximate surface area is 130 Å². The zero-order valence-electron chi connectivity index (χ0n) is 11.6. The summed E-state index contributed by atoms with van der Waals surface area (Å²) in [5, 5.41) is 9.66. The van der Waals surface area contributed by atoms with Gasteiger partial charge in [-0.15, -0.1) is 22.7 Å². The average Bonchev–Trinajstić information content (AvgIpc) is 2.95. The number of nitrogens with one attached hydrogen (secondary N) is 1. The summed E-state index contributed by atoms with van der Waals surface area (Å²) < 4.78 is 27.1. The van der Waals surface area contributed by atoms with Crippen molar-refractivity contribution < 1.29 is 18.3 Å². The van der Waals surface area contributed by atoms with Gasteiger partial charge in [-0.05, 0) is 32.4 Å². The SMILES string of the molecule is Cc1cnc(C(C)NS(=O)(=O)c2cc(C)c(C(=O)O)s2)s1. The maximum atomic E-state index is 12.3. The lowest BCUT2D eigenvalue weighted by Gasteiger charge is -2.10. The van der Waals surface area contributed by atoms with Crippen LogP contribution in [-0.4, -0.2) is 24.5 Å². The summed E-state index contributed by atoms with van der Waals surface area (Å²) in [6.45, 7) is 5.17.